The van der Waals surface area contributed by atoms with Crippen molar-refractivity contribution in [1.29, 1.82) is 0 Å². The molecule has 20 heavy (non-hydrogen) atoms. The molecule has 2 rings (SSSR count). The molecule has 1 aliphatic rings. The molecule has 3 heteroatoms. The molecular weight excluding hydrogens is 264 g/mol. The lowest BCUT2D eigenvalue weighted by atomic mass is 9.76. The number of aryl methyl sites for hydroxylation is 1. The molecule has 1 aliphatic carbocycles. The van der Waals surface area contributed by atoms with Gasteiger partial charge in [-0.25, -0.2) is 4.98 Å². The van der Waals surface area contributed by atoms with E-state index in [2.05, 4.69) is 39.9 Å². The number of nitrogens with one attached hydrogen (secondary N) is 1. The molecule has 0 aromatic carbocycles. The molecule has 1 unspecified atom stereocenters. The fraction of sp³-hybridized carbons (Fsp3) is 0.824. The Bertz CT molecular complexity index is 434. The van der Waals surface area contributed by atoms with Crippen LogP contribution in [0, 0.1) is 11.3 Å². The summed E-state index contributed by atoms with van der Waals surface area (Å²) in [5.74, 6) is 0.765. The van der Waals surface area contributed by atoms with Gasteiger partial charge in [0.1, 0.15) is 0 Å². The Hall–Kier alpha value is -0.410. The zero-order valence-electron chi connectivity index (χ0n) is 13.8. The van der Waals surface area contributed by atoms with Gasteiger partial charge in [-0.05, 0) is 50.0 Å². The average molecular weight is 295 g/mol. The van der Waals surface area contributed by atoms with Crippen molar-refractivity contribution in [2.24, 2.45) is 11.3 Å². The second kappa shape index (κ2) is 6.57. The van der Waals surface area contributed by atoms with E-state index in [0.29, 0.717) is 11.5 Å². The van der Waals surface area contributed by atoms with Crippen LogP contribution in [0.4, 0.5) is 0 Å². The predicted molar refractivity (Wildman–Crippen MR) is 88.4 cm³/mol. The Balaban J connectivity index is 2.15. The minimum absolute atomic E-state index is 0.377. The summed E-state index contributed by atoms with van der Waals surface area (Å²) in [5.41, 5.74) is 1.75. The van der Waals surface area contributed by atoms with Crippen LogP contribution in [-0.2, 0) is 12.8 Å². The second-order valence-corrected chi connectivity index (χ2v) is 8.52. The monoisotopic (exact) mass is 294 g/mol. The third-order valence-electron chi connectivity index (χ3n) is 4.07. The SMILES string of the molecule is CCCNC1CC(C)(C)Cc2nc(CCC(C)C)sc21. The molecule has 0 bridgehead atoms. The van der Waals surface area contributed by atoms with Crippen molar-refractivity contribution < 1.29 is 0 Å². The van der Waals surface area contributed by atoms with Gasteiger partial charge in [0.25, 0.3) is 0 Å². The molecular formula is C17H30N2S. The van der Waals surface area contributed by atoms with Crippen LogP contribution < -0.4 is 5.32 Å². The first-order valence-corrected chi connectivity index (χ1v) is 8.95. The summed E-state index contributed by atoms with van der Waals surface area (Å²) in [5, 5.41) is 5.08. The third-order valence-corrected chi connectivity index (χ3v) is 5.34. The standard InChI is InChI=1S/C17H30N2S/c1-6-9-18-13-10-17(4,5)11-14-16(13)20-15(19-14)8-7-12(2)3/h12-13,18H,6-11H2,1-5H3. The molecule has 0 spiro atoms. The van der Waals surface area contributed by atoms with Crippen LogP contribution in [0.15, 0.2) is 0 Å². The van der Waals surface area contributed by atoms with Crippen molar-refractivity contribution >= 4 is 11.3 Å². The van der Waals surface area contributed by atoms with E-state index < -0.39 is 0 Å². The summed E-state index contributed by atoms with van der Waals surface area (Å²) < 4.78 is 0. The van der Waals surface area contributed by atoms with E-state index in [1.165, 1.54) is 34.8 Å². The first-order chi connectivity index (χ1) is 9.41. The molecule has 1 N–H and O–H groups in total. The minimum atomic E-state index is 0.377. The Morgan fingerprint density at radius 2 is 2.15 bits per heavy atom. The molecule has 0 saturated heterocycles. The van der Waals surface area contributed by atoms with Gasteiger partial charge < -0.3 is 5.32 Å². The number of thiazole rings is 1. The molecule has 0 aliphatic heterocycles. The van der Waals surface area contributed by atoms with E-state index >= 15 is 0 Å². The Kier molecular flexibility index (Phi) is 5.25. The topological polar surface area (TPSA) is 24.9 Å². The van der Waals surface area contributed by atoms with Crippen molar-refractivity contribution in [2.45, 2.75) is 72.8 Å². The highest BCUT2D eigenvalue weighted by Crippen LogP contribution is 2.43. The Labute approximate surface area is 128 Å². The molecule has 0 amide bonds. The zero-order chi connectivity index (χ0) is 14.8. The summed E-state index contributed by atoms with van der Waals surface area (Å²) in [6.07, 6.45) is 5.99. The summed E-state index contributed by atoms with van der Waals surface area (Å²) >= 11 is 1.96. The normalized spacial score (nSPS) is 21.2. The fourth-order valence-electron chi connectivity index (χ4n) is 2.99. The van der Waals surface area contributed by atoms with Crippen molar-refractivity contribution in [2.75, 3.05) is 6.54 Å². The van der Waals surface area contributed by atoms with Gasteiger partial charge in [0.05, 0.1) is 10.7 Å². The Morgan fingerprint density at radius 3 is 2.80 bits per heavy atom. The van der Waals surface area contributed by atoms with Crippen LogP contribution in [0.3, 0.4) is 0 Å². The van der Waals surface area contributed by atoms with Crippen LogP contribution in [0.5, 0.6) is 0 Å². The summed E-state index contributed by atoms with van der Waals surface area (Å²) in [7, 11) is 0. The molecule has 0 radical (unpaired) electrons. The van der Waals surface area contributed by atoms with Crippen LogP contribution in [0.25, 0.3) is 0 Å². The smallest absolute Gasteiger partial charge is 0.0931 e. The molecule has 114 valence electrons. The summed E-state index contributed by atoms with van der Waals surface area (Å²) in [6, 6.07) is 0.527. The number of aromatic nitrogens is 1. The van der Waals surface area contributed by atoms with Crippen molar-refractivity contribution in [3.05, 3.63) is 15.6 Å². The fourth-order valence-corrected chi connectivity index (χ4v) is 4.16. The van der Waals surface area contributed by atoms with E-state index in [9.17, 15) is 0 Å². The predicted octanol–water partition coefficient (Wildman–Crippen LogP) is 4.74. The van der Waals surface area contributed by atoms with Crippen LogP contribution in [-0.4, -0.2) is 11.5 Å². The van der Waals surface area contributed by atoms with E-state index in [0.717, 1.165) is 25.3 Å². The molecule has 0 saturated carbocycles. The largest absolute Gasteiger partial charge is 0.309 e. The maximum atomic E-state index is 4.96. The van der Waals surface area contributed by atoms with E-state index in [1.54, 1.807) is 0 Å². The lowest BCUT2D eigenvalue weighted by Crippen LogP contribution is -2.33. The van der Waals surface area contributed by atoms with Gasteiger partial charge in [-0.15, -0.1) is 11.3 Å². The van der Waals surface area contributed by atoms with E-state index in [-0.39, 0.29) is 0 Å². The first-order valence-electron chi connectivity index (χ1n) is 8.13. The van der Waals surface area contributed by atoms with E-state index in [4.69, 9.17) is 4.98 Å². The van der Waals surface area contributed by atoms with E-state index in [1.807, 2.05) is 11.3 Å². The van der Waals surface area contributed by atoms with Crippen LogP contribution in [0.2, 0.25) is 0 Å². The highest BCUT2D eigenvalue weighted by Gasteiger charge is 2.34. The molecule has 1 aromatic heterocycles. The van der Waals surface area contributed by atoms with Gasteiger partial charge >= 0.3 is 0 Å². The second-order valence-electron chi connectivity index (χ2n) is 7.40. The number of nitrogens with zero attached hydrogens (tertiary/aromatic N) is 1. The van der Waals surface area contributed by atoms with Crippen LogP contribution in [0.1, 0.15) is 75.5 Å². The quantitative estimate of drug-likeness (QED) is 0.819. The van der Waals surface area contributed by atoms with Crippen LogP contribution >= 0.6 is 11.3 Å². The summed E-state index contributed by atoms with van der Waals surface area (Å²) in [6.45, 7) is 12.7. The highest BCUT2D eigenvalue weighted by atomic mass is 32.1. The maximum absolute atomic E-state index is 4.96. The average Bonchev–Trinajstić information content (AvgIpc) is 2.74. The van der Waals surface area contributed by atoms with Gasteiger partial charge in [0.15, 0.2) is 0 Å². The van der Waals surface area contributed by atoms with Gasteiger partial charge in [-0.2, -0.15) is 0 Å². The third kappa shape index (κ3) is 4.05. The van der Waals surface area contributed by atoms with Gasteiger partial charge in [-0.1, -0.05) is 34.6 Å². The zero-order valence-corrected chi connectivity index (χ0v) is 14.6. The molecule has 2 nitrogen and oxygen atoms in total. The Morgan fingerprint density at radius 1 is 1.40 bits per heavy atom. The highest BCUT2D eigenvalue weighted by molar-refractivity contribution is 7.11. The number of hydrogen-bond donors (Lipinski definition) is 1. The molecule has 1 aromatic rings. The minimum Gasteiger partial charge on any atom is -0.309 e. The molecule has 0 fully saturated rings. The maximum Gasteiger partial charge on any atom is 0.0931 e. The lowest BCUT2D eigenvalue weighted by molar-refractivity contribution is 0.258. The number of rotatable bonds is 6. The molecule has 1 heterocycles. The van der Waals surface area contributed by atoms with Crippen molar-refractivity contribution in [3.63, 3.8) is 0 Å². The summed E-state index contributed by atoms with van der Waals surface area (Å²) in [4.78, 5) is 6.48. The van der Waals surface area contributed by atoms with Crippen molar-refractivity contribution in [3.8, 4) is 0 Å². The van der Waals surface area contributed by atoms with Gasteiger partial charge in [0, 0.05) is 10.9 Å². The number of hydrogen-bond acceptors (Lipinski definition) is 3. The first kappa shape index (κ1) is 16.0. The van der Waals surface area contributed by atoms with Gasteiger partial charge in [0.2, 0.25) is 0 Å². The number of fused-ring (bicyclic) bond motifs is 1. The lowest BCUT2D eigenvalue weighted by Gasteiger charge is -2.34. The van der Waals surface area contributed by atoms with Gasteiger partial charge in [-0.3, -0.25) is 0 Å². The van der Waals surface area contributed by atoms with Crippen molar-refractivity contribution in [1.82, 2.24) is 10.3 Å². The molecule has 1 atom stereocenters.